The Morgan fingerprint density at radius 1 is 1.53 bits per heavy atom. The fourth-order valence-corrected chi connectivity index (χ4v) is 1.40. The first-order chi connectivity index (χ1) is 7.11. The molecule has 0 unspecified atom stereocenters. The van der Waals surface area contributed by atoms with Crippen molar-refractivity contribution in [2.24, 2.45) is 0 Å². The molecule has 0 aliphatic heterocycles. The number of carboxylic acid groups (broad SMARTS) is 1. The van der Waals surface area contributed by atoms with Gasteiger partial charge in [0.05, 0.1) is 0 Å². The van der Waals surface area contributed by atoms with Gasteiger partial charge in [-0.15, -0.1) is 0 Å². The summed E-state index contributed by atoms with van der Waals surface area (Å²) in [7, 11) is 0. The van der Waals surface area contributed by atoms with Crippen molar-refractivity contribution in [1.29, 1.82) is 0 Å². The van der Waals surface area contributed by atoms with Gasteiger partial charge in [0.15, 0.2) is 17.6 Å². The summed E-state index contributed by atoms with van der Waals surface area (Å²) in [5.74, 6) is -1.12. The molecule has 0 spiro atoms. The van der Waals surface area contributed by atoms with Crippen LogP contribution in [-0.4, -0.2) is 22.3 Å². The highest BCUT2D eigenvalue weighted by Gasteiger charge is 2.14. The molecule has 0 amide bonds. The Kier molecular flexibility index (Phi) is 2.17. The van der Waals surface area contributed by atoms with Crippen LogP contribution in [0.25, 0.3) is 11.1 Å². The molecule has 0 radical (unpaired) electrons. The summed E-state index contributed by atoms with van der Waals surface area (Å²) in [6, 6.07) is 2.62. The van der Waals surface area contributed by atoms with Crippen molar-refractivity contribution in [2.45, 2.75) is 0 Å². The Morgan fingerprint density at radius 2 is 2.27 bits per heavy atom. The van der Waals surface area contributed by atoms with Crippen LogP contribution in [0.2, 0.25) is 5.15 Å². The van der Waals surface area contributed by atoms with E-state index >= 15 is 0 Å². The summed E-state index contributed by atoms with van der Waals surface area (Å²) in [5.41, 5.74) is 0.418. The number of rotatable bonds is 2. The number of hydrogen-bond acceptors (Lipinski definition) is 4. The molecule has 1 N–H and O–H groups in total. The molecule has 15 heavy (non-hydrogen) atoms. The lowest BCUT2D eigenvalue weighted by Gasteiger charge is -1.96. The van der Waals surface area contributed by atoms with Crippen LogP contribution in [0.15, 0.2) is 16.5 Å². The molecule has 2 rings (SSSR count). The van der Waals surface area contributed by atoms with E-state index in [1.807, 2.05) is 0 Å². The topological polar surface area (TPSA) is 80.4 Å². The van der Waals surface area contributed by atoms with Gasteiger partial charge in [-0.2, -0.15) is 0 Å². The maximum atomic E-state index is 10.7. The first-order valence-corrected chi connectivity index (χ1v) is 4.28. The smallest absolute Gasteiger partial charge is 0.338 e. The Hall–Kier alpha value is -1.88. The summed E-state index contributed by atoms with van der Waals surface area (Å²) in [6.45, 7) is 0. The normalized spacial score (nSPS) is 10.5. The van der Waals surface area contributed by atoms with Crippen molar-refractivity contribution >= 4 is 35.0 Å². The van der Waals surface area contributed by atoms with Crippen LogP contribution in [0.5, 0.6) is 0 Å². The average Bonchev–Trinajstić information content (AvgIpc) is 2.58. The zero-order chi connectivity index (χ0) is 11.0. The quantitative estimate of drug-likeness (QED) is 0.624. The Morgan fingerprint density at radius 3 is 2.87 bits per heavy atom. The average molecular weight is 226 g/mol. The van der Waals surface area contributed by atoms with Crippen molar-refractivity contribution < 1.29 is 19.1 Å². The van der Waals surface area contributed by atoms with E-state index in [9.17, 15) is 9.59 Å². The predicted molar refractivity (Wildman–Crippen MR) is 51.4 cm³/mol. The molecule has 2 aromatic rings. The number of aldehydes is 1. The molecule has 0 atom stereocenters. The molecule has 76 valence electrons. The third-order valence-electron chi connectivity index (χ3n) is 1.82. The number of hydrogen-bond donors (Lipinski definition) is 1. The minimum absolute atomic E-state index is 0.0797. The van der Waals surface area contributed by atoms with E-state index in [0.29, 0.717) is 11.8 Å². The van der Waals surface area contributed by atoms with Gasteiger partial charge in [0.2, 0.25) is 0 Å². The molecule has 0 saturated carbocycles. The molecule has 0 fully saturated rings. The summed E-state index contributed by atoms with van der Waals surface area (Å²) < 4.78 is 5.01. The number of aromatic nitrogens is 1. The summed E-state index contributed by atoms with van der Waals surface area (Å²) in [6.07, 6.45) is 0.510. The molecule has 0 bridgehead atoms. The van der Waals surface area contributed by atoms with Crippen LogP contribution >= 0.6 is 11.6 Å². The number of carboxylic acids is 1. The van der Waals surface area contributed by atoms with E-state index in [4.69, 9.17) is 21.1 Å². The summed E-state index contributed by atoms with van der Waals surface area (Å²) in [5, 5.41) is 8.62. The van der Waals surface area contributed by atoms with Crippen molar-refractivity contribution in [3.05, 3.63) is 28.6 Å². The van der Waals surface area contributed by atoms with Gasteiger partial charge in [-0.05, 0) is 0 Å². The van der Waals surface area contributed by atoms with Crippen molar-refractivity contribution in [3.8, 4) is 0 Å². The Bertz CT molecular complexity index is 560. The molecule has 0 aliphatic rings. The molecule has 5 nitrogen and oxygen atoms in total. The molecule has 2 aromatic heterocycles. The van der Waals surface area contributed by atoms with Gasteiger partial charge in [-0.1, -0.05) is 11.6 Å². The predicted octanol–water partition coefficient (Wildman–Crippen LogP) is 1.99. The van der Waals surface area contributed by atoms with Crippen molar-refractivity contribution in [2.75, 3.05) is 0 Å². The van der Waals surface area contributed by atoms with Crippen LogP contribution in [0, 0.1) is 0 Å². The number of fused-ring (bicyclic) bond motifs is 1. The van der Waals surface area contributed by atoms with Gasteiger partial charge in [-0.3, -0.25) is 4.79 Å². The molecule has 0 aliphatic carbocycles. The SMILES string of the molecule is O=Cc1cc2nc(Cl)c(C(=O)O)cc2o1. The van der Waals surface area contributed by atoms with E-state index in [-0.39, 0.29) is 22.1 Å². The van der Waals surface area contributed by atoms with Gasteiger partial charge in [0.1, 0.15) is 16.2 Å². The van der Waals surface area contributed by atoms with Gasteiger partial charge in [0, 0.05) is 12.1 Å². The van der Waals surface area contributed by atoms with Gasteiger partial charge in [0.25, 0.3) is 0 Å². The lowest BCUT2D eigenvalue weighted by Crippen LogP contribution is -1.98. The fraction of sp³-hybridized carbons (Fsp3) is 0. The number of carbonyl (C=O) groups excluding carboxylic acids is 1. The maximum Gasteiger partial charge on any atom is 0.338 e. The minimum Gasteiger partial charge on any atom is -0.478 e. The summed E-state index contributed by atoms with van der Waals surface area (Å²) in [4.78, 5) is 24.9. The Labute approximate surface area is 88.3 Å². The molecule has 6 heteroatoms. The van der Waals surface area contributed by atoms with E-state index < -0.39 is 5.97 Å². The van der Waals surface area contributed by atoms with E-state index in [1.54, 1.807) is 0 Å². The van der Waals surface area contributed by atoms with Crippen LogP contribution in [0.4, 0.5) is 0 Å². The lowest BCUT2D eigenvalue weighted by atomic mass is 10.2. The monoisotopic (exact) mass is 225 g/mol. The van der Waals surface area contributed by atoms with E-state index in [1.165, 1.54) is 12.1 Å². The standard InChI is InChI=1S/C9H4ClNO4/c10-8-5(9(13)14)2-7-6(11-8)1-4(3-12)15-7/h1-3H,(H,13,14). The number of carbonyl (C=O) groups is 2. The third-order valence-corrected chi connectivity index (χ3v) is 2.11. The molecule has 0 saturated heterocycles. The minimum atomic E-state index is -1.20. The summed E-state index contributed by atoms with van der Waals surface area (Å²) >= 11 is 5.63. The zero-order valence-corrected chi connectivity index (χ0v) is 7.99. The zero-order valence-electron chi connectivity index (χ0n) is 7.23. The lowest BCUT2D eigenvalue weighted by molar-refractivity contribution is 0.0696. The molecule has 2 heterocycles. The number of pyridine rings is 1. The second-order valence-electron chi connectivity index (χ2n) is 2.78. The van der Waals surface area contributed by atoms with Gasteiger partial charge >= 0.3 is 5.97 Å². The second kappa shape index (κ2) is 3.36. The van der Waals surface area contributed by atoms with Gasteiger partial charge < -0.3 is 9.52 Å². The molecule has 0 aromatic carbocycles. The van der Waals surface area contributed by atoms with Crippen molar-refractivity contribution in [1.82, 2.24) is 4.98 Å². The first-order valence-electron chi connectivity index (χ1n) is 3.90. The molecular formula is C9H4ClNO4. The fourth-order valence-electron chi connectivity index (χ4n) is 1.17. The van der Waals surface area contributed by atoms with Crippen LogP contribution < -0.4 is 0 Å². The van der Waals surface area contributed by atoms with Crippen molar-refractivity contribution in [3.63, 3.8) is 0 Å². The maximum absolute atomic E-state index is 10.7. The van der Waals surface area contributed by atoms with Crippen LogP contribution in [0.1, 0.15) is 20.9 Å². The van der Waals surface area contributed by atoms with Gasteiger partial charge in [-0.25, -0.2) is 9.78 Å². The highest BCUT2D eigenvalue weighted by Crippen LogP contribution is 2.22. The largest absolute Gasteiger partial charge is 0.478 e. The number of furan rings is 1. The highest BCUT2D eigenvalue weighted by molar-refractivity contribution is 6.32. The number of aromatic carboxylic acids is 1. The van der Waals surface area contributed by atoms with Crippen LogP contribution in [-0.2, 0) is 0 Å². The number of halogens is 1. The highest BCUT2D eigenvalue weighted by atomic mass is 35.5. The second-order valence-corrected chi connectivity index (χ2v) is 3.14. The molecular weight excluding hydrogens is 222 g/mol. The van der Waals surface area contributed by atoms with E-state index in [0.717, 1.165) is 0 Å². The Balaban J connectivity index is 2.73. The number of nitrogens with zero attached hydrogens (tertiary/aromatic N) is 1. The van der Waals surface area contributed by atoms with Crippen LogP contribution in [0.3, 0.4) is 0 Å². The first kappa shape index (κ1) is 9.67. The third kappa shape index (κ3) is 1.57. The van der Waals surface area contributed by atoms with E-state index in [2.05, 4.69) is 4.98 Å².